The number of furan rings is 2. The number of carbonyl (C=O) groups is 2. The number of halogens is 4. The number of ether oxygens (including phenoxy) is 1. The molecule has 0 spiro atoms. The molecule has 4 N–H and O–H groups in total. The maximum atomic E-state index is 12.9. The Bertz CT molecular complexity index is 2720. The smallest absolute Gasteiger partial charge is 0.231 e. The monoisotopic (exact) mass is 792 g/mol. The first-order valence-electron chi connectivity index (χ1n) is 16.4. The van der Waals surface area contributed by atoms with Gasteiger partial charge in [-0.05, 0) is 83.4 Å². The van der Waals surface area contributed by atoms with Crippen molar-refractivity contribution in [2.24, 2.45) is 0 Å². The van der Waals surface area contributed by atoms with E-state index in [1.807, 2.05) is 91.0 Å². The van der Waals surface area contributed by atoms with E-state index in [1.165, 1.54) is 12.1 Å². The molecule has 8 aromatic rings. The lowest BCUT2D eigenvalue weighted by Crippen LogP contribution is -2.03. The number of carbonyl (C=O) groups excluding carboxylic acids is 2. The van der Waals surface area contributed by atoms with E-state index in [0.717, 1.165) is 28.0 Å². The van der Waals surface area contributed by atoms with Crippen LogP contribution in [0.15, 0.2) is 136 Å². The van der Waals surface area contributed by atoms with E-state index in [4.69, 9.17) is 71.4 Å². The molecule has 0 fully saturated rings. The third-order valence-corrected chi connectivity index (χ3v) is 9.84. The lowest BCUT2D eigenvalue weighted by molar-refractivity contribution is 0.100. The van der Waals surface area contributed by atoms with E-state index >= 15 is 0 Å². The van der Waals surface area contributed by atoms with Crippen LogP contribution in [-0.2, 0) is 0 Å². The maximum absolute atomic E-state index is 12.9. The predicted octanol–water partition coefficient (Wildman–Crippen LogP) is 12.4. The second-order valence-corrected chi connectivity index (χ2v) is 13.8. The number of hydrogen-bond donors (Lipinski definition) is 2. The van der Waals surface area contributed by atoms with Gasteiger partial charge in [0.1, 0.15) is 16.9 Å². The Hall–Kier alpha value is -5.70. The fraction of sp³-hybridized carbons (Fsp3) is 0.0233. The first kappa shape index (κ1) is 36.6. The van der Waals surface area contributed by atoms with E-state index < -0.39 is 5.78 Å². The van der Waals surface area contributed by atoms with Gasteiger partial charge in [0.25, 0.3) is 0 Å². The zero-order valence-electron chi connectivity index (χ0n) is 28.3. The molecule has 0 amide bonds. The highest BCUT2D eigenvalue weighted by molar-refractivity contribution is 6.38. The van der Waals surface area contributed by atoms with E-state index in [2.05, 4.69) is 0 Å². The second kappa shape index (κ2) is 15.3. The molecule has 6 aromatic carbocycles. The standard InChI is InChI=1S/C22H15Cl2NO3.C21H13Cl2NO2/c1-27-18-5-3-2-4-14(18)12-6-8-16-19(10-12)28-22(20(16)25)21(26)15-9-7-13(23)11-17(15)24;22-14-7-9-15(17(23)11-14)20(25)21-19(24)16-8-6-13(10-18(16)26-21)12-4-2-1-3-5-12/h2-11H,25H2,1H3;1-11H,24H2. The molecule has 0 unspecified atom stereocenters. The van der Waals surface area contributed by atoms with Gasteiger partial charge in [-0.2, -0.15) is 0 Å². The van der Waals surface area contributed by atoms with Gasteiger partial charge in [-0.1, -0.05) is 107 Å². The number of rotatable bonds is 7. The molecule has 0 radical (unpaired) electrons. The predicted molar refractivity (Wildman–Crippen MR) is 218 cm³/mol. The first-order valence-corrected chi connectivity index (χ1v) is 17.9. The number of ketones is 2. The summed E-state index contributed by atoms with van der Waals surface area (Å²) in [5.74, 6) is 0.104. The number of fused-ring (bicyclic) bond motifs is 2. The van der Waals surface area contributed by atoms with Crippen LogP contribution in [0.1, 0.15) is 32.2 Å². The van der Waals surface area contributed by atoms with Crippen molar-refractivity contribution in [2.45, 2.75) is 0 Å². The summed E-state index contributed by atoms with van der Waals surface area (Å²) >= 11 is 24.1. The highest BCUT2D eigenvalue weighted by atomic mass is 35.5. The molecule has 0 bridgehead atoms. The largest absolute Gasteiger partial charge is 0.496 e. The number of hydrogen-bond acceptors (Lipinski definition) is 7. The van der Waals surface area contributed by atoms with Crippen molar-refractivity contribution in [3.8, 4) is 28.0 Å². The average molecular weight is 795 g/mol. The Balaban J connectivity index is 0.000000167. The van der Waals surface area contributed by atoms with Crippen molar-refractivity contribution in [3.63, 3.8) is 0 Å². The van der Waals surface area contributed by atoms with E-state index in [9.17, 15) is 9.59 Å². The van der Waals surface area contributed by atoms with Crippen LogP contribution >= 0.6 is 46.4 Å². The van der Waals surface area contributed by atoms with Crippen molar-refractivity contribution >= 4 is 91.3 Å². The number of para-hydroxylation sites is 1. The second-order valence-electron chi connectivity index (χ2n) is 12.1. The molecule has 2 heterocycles. The van der Waals surface area contributed by atoms with E-state index in [-0.39, 0.29) is 38.6 Å². The van der Waals surface area contributed by atoms with Gasteiger partial charge in [-0.25, -0.2) is 0 Å². The molecule has 0 aliphatic heterocycles. The quantitative estimate of drug-likeness (QED) is 0.154. The SMILES string of the molecule is COc1ccccc1-c1ccc2c(N)c(C(=O)c3ccc(Cl)cc3Cl)oc2c1.Nc1c(C(=O)c2ccc(Cl)cc2Cl)oc2cc(-c3ccccc3)ccc12. The lowest BCUT2D eigenvalue weighted by Gasteiger charge is -2.07. The van der Waals surface area contributed by atoms with Crippen molar-refractivity contribution in [2.75, 3.05) is 18.6 Å². The summed E-state index contributed by atoms with van der Waals surface area (Å²) < 4.78 is 17.0. The summed E-state index contributed by atoms with van der Waals surface area (Å²) in [5, 5.41) is 2.75. The Morgan fingerprint density at radius 3 is 1.54 bits per heavy atom. The van der Waals surface area contributed by atoms with Crippen LogP contribution in [0.2, 0.25) is 20.1 Å². The molecule has 0 saturated carbocycles. The van der Waals surface area contributed by atoms with Crippen LogP contribution in [0.3, 0.4) is 0 Å². The molecule has 0 aliphatic rings. The van der Waals surface area contributed by atoms with Crippen LogP contribution in [0.25, 0.3) is 44.2 Å². The topological polar surface area (TPSA) is 122 Å². The summed E-state index contributed by atoms with van der Waals surface area (Å²) in [6.45, 7) is 0. The van der Waals surface area contributed by atoms with Crippen LogP contribution in [-0.4, -0.2) is 18.7 Å². The number of benzene rings is 6. The van der Waals surface area contributed by atoms with Gasteiger partial charge in [-0.15, -0.1) is 0 Å². The zero-order valence-corrected chi connectivity index (χ0v) is 31.4. The normalized spacial score (nSPS) is 11.0. The lowest BCUT2D eigenvalue weighted by atomic mass is 10.0. The molecule has 54 heavy (non-hydrogen) atoms. The Morgan fingerprint density at radius 1 is 0.537 bits per heavy atom. The number of nitrogens with two attached hydrogens (primary N) is 2. The third-order valence-electron chi connectivity index (χ3n) is 8.75. The summed E-state index contributed by atoms with van der Waals surface area (Å²) in [4.78, 5) is 25.7. The van der Waals surface area contributed by atoms with Gasteiger partial charge >= 0.3 is 0 Å². The van der Waals surface area contributed by atoms with Crippen LogP contribution in [0, 0.1) is 0 Å². The van der Waals surface area contributed by atoms with Gasteiger partial charge in [0.15, 0.2) is 11.5 Å². The molecule has 268 valence electrons. The first-order chi connectivity index (χ1) is 26.0. The van der Waals surface area contributed by atoms with Crippen molar-refractivity contribution in [1.82, 2.24) is 0 Å². The van der Waals surface area contributed by atoms with E-state index in [1.54, 1.807) is 31.4 Å². The highest BCUT2D eigenvalue weighted by Crippen LogP contribution is 2.38. The minimum absolute atomic E-state index is 0.0522. The molecule has 11 heteroatoms. The van der Waals surface area contributed by atoms with Gasteiger partial charge in [0.05, 0.1) is 28.5 Å². The van der Waals surface area contributed by atoms with Gasteiger partial charge in [0, 0.05) is 37.5 Å². The van der Waals surface area contributed by atoms with Crippen molar-refractivity contribution < 1.29 is 23.2 Å². The summed E-state index contributed by atoms with van der Waals surface area (Å²) in [5.41, 5.74) is 18.4. The van der Waals surface area contributed by atoms with Crippen LogP contribution in [0.5, 0.6) is 5.75 Å². The fourth-order valence-electron chi connectivity index (χ4n) is 6.02. The Morgan fingerprint density at radius 2 is 1.02 bits per heavy atom. The maximum Gasteiger partial charge on any atom is 0.231 e. The Kier molecular flexibility index (Phi) is 10.4. The molecule has 2 aromatic heterocycles. The van der Waals surface area contributed by atoms with Gasteiger partial charge in [0.2, 0.25) is 11.6 Å². The highest BCUT2D eigenvalue weighted by Gasteiger charge is 2.24. The number of anilines is 2. The zero-order chi connectivity index (χ0) is 38.1. The molecule has 7 nitrogen and oxygen atoms in total. The van der Waals surface area contributed by atoms with Gasteiger partial charge in [-0.3, -0.25) is 9.59 Å². The molecule has 8 rings (SSSR count). The van der Waals surface area contributed by atoms with Crippen LogP contribution in [0.4, 0.5) is 11.4 Å². The average Bonchev–Trinajstić information content (AvgIpc) is 3.70. The van der Waals surface area contributed by atoms with Gasteiger partial charge < -0.3 is 25.0 Å². The Labute approximate surface area is 329 Å². The molecular weight excluding hydrogens is 766 g/mol. The molecular formula is C43H28Cl4N2O5. The molecule has 0 saturated heterocycles. The summed E-state index contributed by atoms with van der Waals surface area (Å²) in [6, 6.07) is 38.2. The minimum Gasteiger partial charge on any atom is -0.496 e. The summed E-state index contributed by atoms with van der Waals surface area (Å²) in [7, 11) is 1.62. The fourth-order valence-corrected chi connectivity index (χ4v) is 7.01. The van der Waals surface area contributed by atoms with Crippen molar-refractivity contribution in [1.29, 1.82) is 0 Å². The van der Waals surface area contributed by atoms with Crippen molar-refractivity contribution in [3.05, 3.63) is 170 Å². The molecule has 0 aliphatic carbocycles. The minimum atomic E-state index is -0.394. The summed E-state index contributed by atoms with van der Waals surface area (Å²) in [6.07, 6.45) is 0. The molecule has 0 atom stereocenters. The third kappa shape index (κ3) is 7.15. The van der Waals surface area contributed by atoms with E-state index in [0.29, 0.717) is 43.2 Å². The number of methoxy groups -OCH3 is 1. The van der Waals surface area contributed by atoms with Crippen LogP contribution < -0.4 is 16.2 Å². The number of nitrogen functional groups attached to an aromatic ring is 2.